The Kier molecular flexibility index (Phi) is 5.98. The minimum Gasteiger partial charge on any atom is -0.325 e. The third-order valence-electron chi connectivity index (χ3n) is 4.01. The van der Waals surface area contributed by atoms with Gasteiger partial charge in [0.15, 0.2) is 5.78 Å². The number of nitrogens with zero attached hydrogens (tertiary/aromatic N) is 1. The summed E-state index contributed by atoms with van der Waals surface area (Å²) in [5, 5.41) is 3.77. The van der Waals surface area contributed by atoms with Gasteiger partial charge in [0.1, 0.15) is 6.54 Å². The van der Waals surface area contributed by atoms with Crippen molar-refractivity contribution >= 4 is 46.6 Å². The molecule has 1 heterocycles. The zero-order valence-electron chi connectivity index (χ0n) is 14.6. The molecule has 27 heavy (non-hydrogen) atoms. The van der Waals surface area contributed by atoms with Crippen LogP contribution in [0.3, 0.4) is 0 Å². The maximum atomic E-state index is 12.5. The van der Waals surface area contributed by atoms with Crippen LogP contribution in [-0.2, 0) is 9.59 Å². The van der Waals surface area contributed by atoms with Crippen molar-refractivity contribution in [2.24, 2.45) is 0 Å². The summed E-state index contributed by atoms with van der Waals surface area (Å²) in [6.45, 7) is 1.71. The van der Waals surface area contributed by atoms with Crippen LogP contribution in [0.4, 0.5) is 5.69 Å². The minimum atomic E-state index is -0.345. The van der Waals surface area contributed by atoms with Crippen molar-refractivity contribution in [1.82, 2.24) is 4.90 Å². The van der Waals surface area contributed by atoms with Gasteiger partial charge in [0.05, 0.1) is 10.8 Å². The number of nitrogens with one attached hydrogen (secondary N) is 1. The molecule has 5 nitrogen and oxygen atoms in total. The van der Waals surface area contributed by atoms with E-state index in [-0.39, 0.29) is 29.9 Å². The van der Waals surface area contributed by atoms with Crippen LogP contribution >= 0.6 is 23.4 Å². The number of carbonyl (C=O) groups excluding carboxylic acids is 3. The molecule has 2 aromatic rings. The molecule has 1 fully saturated rings. The van der Waals surface area contributed by atoms with E-state index in [9.17, 15) is 14.4 Å². The Labute approximate surface area is 166 Å². The largest absolute Gasteiger partial charge is 0.325 e. The lowest BCUT2D eigenvalue weighted by Crippen LogP contribution is -2.34. The van der Waals surface area contributed by atoms with Gasteiger partial charge in [0.25, 0.3) is 0 Å². The zero-order chi connectivity index (χ0) is 19.4. The molecule has 1 aliphatic heterocycles. The first kappa shape index (κ1) is 19.2. The standard InChI is InChI=1S/C20H17ClN2O3S/c1-13-4-2-3-5-16(13)17(24)10-20-23(19(26)12-27-20)11-18(25)22-15-8-6-14(21)7-9-15/h2-10H,11-12H2,1H3,(H,22,25)/b20-10-. The molecule has 0 atom stereocenters. The van der Waals surface area contributed by atoms with Gasteiger partial charge in [-0.1, -0.05) is 47.6 Å². The Hall–Kier alpha value is -2.57. The van der Waals surface area contributed by atoms with Crippen LogP contribution in [0.2, 0.25) is 5.02 Å². The van der Waals surface area contributed by atoms with Crippen molar-refractivity contribution in [3.8, 4) is 0 Å². The average Bonchev–Trinajstić information content (AvgIpc) is 2.97. The highest BCUT2D eigenvalue weighted by Gasteiger charge is 2.29. The van der Waals surface area contributed by atoms with Crippen LogP contribution in [-0.4, -0.2) is 34.8 Å². The van der Waals surface area contributed by atoms with Gasteiger partial charge in [-0.25, -0.2) is 0 Å². The second-order valence-electron chi connectivity index (χ2n) is 5.99. The van der Waals surface area contributed by atoms with Crippen LogP contribution in [0.5, 0.6) is 0 Å². The molecule has 3 rings (SSSR count). The van der Waals surface area contributed by atoms with E-state index in [1.165, 1.54) is 22.7 Å². The van der Waals surface area contributed by atoms with E-state index < -0.39 is 0 Å². The van der Waals surface area contributed by atoms with Gasteiger partial charge in [-0.3, -0.25) is 19.3 Å². The second-order valence-corrected chi connectivity index (χ2v) is 7.42. The molecule has 138 valence electrons. The highest BCUT2D eigenvalue weighted by Crippen LogP contribution is 2.29. The molecule has 1 saturated heterocycles. The number of amides is 2. The fraction of sp³-hybridized carbons (Fsp3) is 0.150. The molecule has 0 aliphatic carbocycles. The fourth-order valence-corrected chi connectivity index (χ4v) is 3.68. The van der Waals surface area contributed by atoms with Gasteiger partial charge in [0.2, 0.25) is 11.8 Å². The van der Waals surface area contributed by atoms with E-state index in [1.54, 1.807) is 36.4 Å². The van der Waals surface area contributed by atoms with Crippen molar-refractivity contribution in [3.63, 3.8) is 0 Å². The molecular weight excluding hydrogens is 384 g/mol. The SMILES string of the molecule is Cc1ccccc1C(=O)/C=C1\SCC(=O)N1CC(=O)Nc1ccc(Cl)cc1. The highest BCUT2D eigenvalue weighted by molar-refractivity contribution is 8.04. The molecule has 0 spiro atoms. The first-order chi connectivity index (χ1) is 12.9. The summed E-state index contributed by atoms with van der Waals surface area (Å²) in [7, 11) is 0. The fourth-order valence-electron chi connectivity index (χ4n) is 2.62. The van der Waals surface area contributed by atoms with Crippen LogP contribution < -0.4 is 5.32 Å². The van der Waals surface area contributed by atoms with E-state index >= 15 is 0 Å². The number of halogens is 1. The molecule has 2 aromatic carbocycles. The average molecular weight is 401 g/mol. The lowest BCUT2D eigenvalue weighted by atomic mass is 10.1. The molecule has 0 radical (unpaired) electrons. The second kappa shape index (κ2) is 8.41. The van der Waals surface area contributed by atoms with Gasteiger partial charge in [-0.2, -0.15) is 0 Å². The zero-order valence-corrected chi connectivity index (χ0v) is 16.1. The Morgan fingerprint density at radius 1 is 1.19 bits per heavy atom. The first-order valence-corrected chi connectivity index (χ1v) is 9.60. The Bertz CT molecular complexity index is 925. The van der Waals surface area contributed by atoms with Crippen LogP contribution in [0.15, 0.2) is 59.6 Å². The summed E-state index contributed by atoms with van der Waals surface area (Å²) in [4.78, 5) is 38.3. The summed E-state index contributed by atoms with van der Waals surface area (Å²) in [5.74, 6) is -0.521. The number of anilines is 1. The number of benzene rings is 2. The molecular formula is C20H17ClN2O3S. The predicted octanol–water partition coefficient (Wildman–Crippen LogP) is 3.89. The van der Waals surface area contributed by atoms with Crippen molar-refractivity contribution in [2.75, 3.05) is 17.6 Å². The normalized spacial score (nSPS) is 15.3. The van der Waals surface area contributed by atoms with E-state index in [4.69, 9.17) is 11.6 Å². The quantitative estimate of drug-likeness (QED) is 0.610. The van der Waals surface area contributed by atoms with E-state index in [2.05, 4.69) is 5.32 Å². The van der Waals surface area contributed by atoms with Gasteiger partial charge in [0, 0.05) is 22.3 Å². The highest BCUT2D eigenvalue weighted by atomic mass is 35.5. The number of carbonyl (C=O) groups is 3. The number of hydrogen-bond donors (Lipinski definition) is 1. The van der Waals surface area contributed by atoms with Crippen molar-refractivity contribution in [1.29, 1.82) is 0 Å². The lowest BCUT2D eigenvalue weighted by molar-refractivity contribution is -0.129. The molecule has 0 aromatic heterocycles. The van der Waals surface area contributed by atoms with Crippen molar-refractivity contribution in [2.45, 2.75) is 6.92 Å². The molecule has 2 amide bonds. The first-order valence-electron chi connectivity index (χ1n) is 8.24. The van der Waals surface area contributed by atoms with Gasteiger partial charge in [-0.15, -0.1) is 0 Å². The maximum Gasteiger partial charge on any atom is 0.244 e. The summed E-state index contributed by atoms with van der Waals surface area (Å²) in [6.07, 6.45) is 1.42. The van der Waals surface area contributed by atoms with Gasteiger partial charge < -0.3 is 5.32 Å². The van der Waals surface area contributed by atoms with Gasteiger partial charge >= 0.3 is 0 Å². The smallest absolute Gasteiger partial charge is 0.244 e. The molecule has 1 aliphatic rings. The summed E-state index contributed by atoms with van der Waals surface area (Å²) < 4.78 is 0. The topological polar surface area (TPSA) is 66.5 Å². The predicted molar refractivity (Wildman–Crippen MR) is 108 cm³/mol. The Morgan fingerprint density at radius 3 is 2.59 bits per heavy atom. The van der Waals surface area contributed by atoms with E-state index in [0.29, 0.717) is 21.3 Å². The number of hydrogen-bond acceptors (Lipinski definition) is 4. The van der Waals surface area contributed by atoms with Crippen molar-refractivity contribution < 1.29 is 14.4 Å². The van der Waals surface area contributed by atoms with Crippen LogP contribution in [0, 0.1) is 6.92 Å². The molecule has 0 bridgehead atoms. The maximum absolute atomic E-state index is 12.5. The molecule has 7 heteroatoms. The molecule has 1 N–H and O–H groups in total. The van der Waals surface area contributed by atoms with Crippen LogP contribution in [0.25, 0.3) is 0 Å². The van der Waals surface area contributed by atoms with Crippen LogP contribution in [0.1, 0.15) is 15.9 Å². The number of rotatable bonds is 5. The number of thioether (sulfide) groups is 1. The van der Waals surface area contributed by atoms with Crippen molar-refractivity contribution in [3.05, 3.63) is 75.8 Å². The minimum absolute atomic E-state index is 0.151. The van der Waals surface area contributed by atoms with E-state index in [0.717, 1.165) is 5.56 Å². The summed E-state index contributed by atoms with van der Waals surface area (Å²) in [6, 6.07) is 14.0. The number of aryl methyl sites for hydroxylation is 1. The molecule has 0 saturated carbocycles. The van der Waals surface area contributed by atoms with E-state index in [1.807, 2.05) is 19.1 Å². The lowest BCUT2D eigenvalue weighted by Gasteiger charge is -2.16. The summed E-state index contributed by atoms with van der Waals surface area (Å²) >= 11 is 7.08. The monoisotopic (exact) mass is 400 g/mol. The third-order valence-corrected chi connectivity index (χ3v) is 5.28. The third kappa shape index (κ3) is 4.78. The Morgan fingerprint density at radius 2 is 1.89 bits per heavy atom. The summed E-state index contributed by atoms with van der Waals surface area (Å²) in [5.41, 5.74) is 2.03. The van der Waals surface area contributed by atoms with Gasteiger partial charge in [-0.05, 0) is 36.8 Å². The number of ketones is 1. The molecule has 0 unspecified atom stereocenters. The Balaban J connectivity index is 1.72. The number of allylic oxidation sites excluding steroid dienone is 1.